The lowest BCUT2D eigenvalue weighted by molar-refractivity contribution is -0.384. The van der Waals surface area contributed by atoms with Crippen molar-refractivity contribution in [2.75, 3.05) is 27.9 Å². The second kappa shape index (κ2) is 13.2. The minimum atomic E-state index is -0.914. The van der Waals surface area contributed by atoms with Gasteiger partial charge in [-0.2, -0.15) is 0 Å². The Hall–Kier alpha value is -5.17. The predicted octanol–water partition coefficient (Wildman–Crippen LogP) is 4.77. The molecule has 0 amide bonds. The quantitative estimate of drug-likeness (QED) is 0.130. The Kier molecular flexibility index (Phi) is 9.18. The van der Waals surface area contributed by atoms with Crippen LogP contribution in [0.25, 0.3) is 17.4 Å². The highest BCUT2D eigenvalue weighted by Gasteiger charge is 2.36. The Labute approximate surface area is 261 Å². The van der Waals surface area contributed by atoms with Gasteiger partial charge < -0.3 is 23.4 Å². The topological polar surface area (TPSA) is 145 Å². The van der Waals surface area contributed by atoms with Crippen LogP contribution in [0.1, 0.15) is 44.1 Å². The molecule has 0 spiro atoms. The third-order valence-electron chi connectivity index (χ3n) is 7.19. The summed E-state index contributed by atoms with van der Waals surface area (Å²) in [5.74, 6) is 1.27. The number of nitro benzene ring substituents is 1. The zero-order valence-corrected chi connectivity index (χ0v) is 26.1. The number of nitro groups is 1. The van der Waals surface area contributed by atoms with Gasteiger partial charge >= 0.3 is 5.97 Å². The lowest BCUT2D eigenvalue weighted by Gasteiger charge is -2.27. The Morgan fingerprint density at radius 2 is 1.80 bits per heavy atom. The Morgan fingerprint density at radius 1 is 1.07 bits per heavy atom. The molecule has 0 saturated heterocycles. The van der Waals surface area contributed by atoms with E-state index >= 15 is 0 Å². The van der Waals surface area contributed by atoms with Gasteiger partial charge in [-0.3, -0.25) is 19.5 Å². The van der Waals surface area contributed by atoms with Crippen molar-refractivity contribution in [1.82, 2.24) is 4.57 Å². The van der Waals surface area contributed by atoms with Crippen molar-refractivity contribution in [2.24, 2.45) is 4.99 Å². The number of nitrogens with zero attached hydrogens (tertiary/aromatic N) is 3. The van der Waals surface area contributed by atoms with Crippen LogP contribution < -0.4 is 29.1 Å². The van der Waals surface area contributed by atoms with Crippen molar-refractivity contribution >= 4 is 29.1 Å². The molecular formula is C32H31N3O9S. The van der Waals surface area contributed by atoms with Gasteiger partial charge in [-0.25, -0.2) is 9.79 Å². The summed E-state index contributed by atoms with van der Waals surface area (Å²) in [4.78, 5) is 44.0. The monoisotopic (exact) mass is 633 g/mol. The average molecular weight is 634 g/mol. The van der Waals surface area contributed by atoms with E-state index in [1.807, 2.05) is 6.92 Å². The highest BCUT2D eigenvalue weighted by atomic mass is 32.1. The van der Waals surface area contributed by atoms with E-state index in [2.05, 4.69) is 0 Å². The predicted molar refractivity (Wildman–Crippen MR) is 167 cm³/mol. The molecule has 13 heteroatoms. The van der Waals surface area contributed by atoms with E-state index in [0.29, 0.717) is 51.9 Å². The number of allylic oxidation sites excluding steroid dienone is 1. The van der Waals surface area contributed by atoms with E-state index < -0.39 is 22.5 Å². The first-order valence-electron chi connectivity index (χ1n) is 14.1. The number of methoxy groups -OCH3 is 3. The van der Waals surface area contributed by atoms with Gasteiger partial charge in [0.1, 0.15) is 34.8 Å². The highest BCUT2D eigenvalue weighted by molar-refractivity contribution is 7.07. The molecule has 1 aliphatic heterocycles. The van der Waals surface area contributed by atoms with Gasteiger partial charge in [-0.05, 0) is 55.8 Å². The van der Waals surface area contributed by atoms with E-state index in [4.69, 9.17) is 28.4 Å². The molecule has 1 atom stereocenters. The Balaban J connectivity index is 1.70. The van der Waals surface area contributed by atoms with Crippen LogP contribution in [0.5, 0.6) is 17.2 Å². The normalized spacial score (nSPS) is 14.5. The molecule has 0 fully saturated rings. The summed E-state index contributed by atoms with van der Waals surface area (Å²) in [7, 11) is 4.46. The zero-order chi connectivity index (χ0) is 32.2. The van der Waals surface area contributed by atoms with Crippen LogP contribution in [0.3, 0.4) is 0 Å². The summed E-state index contributed by atoms with van der Waals surface area (Å²) in [6.07, 6.45) is 2.73. The molecule has 12 nitrogen and oxygen atoms in total. The van der Waals surface area contributed by atoms with Crippen molar-refractivity contribution in [3.8, 4) is 28.6 Å². The maximum atomic E-state index is 14.1. The summed E-state index contributed by atoms with van der Waals surface area (Å²) >= 11 is 1.14. The number of aromatic nitrogens is 1. The third-order valence-corrected chi connectivity index (χ3v) is 8.17. The van der Waals surface area contributed by atoms with E-state index in [9.17, 15) is 19.7 Å². The molecule has 1 aliphatic rings. The number of ether oxygens (including phenoxy) is 4. The zero-order valence-electron chi connectivity index (χ0n) is 25.3. The molecule has 4 aromatic rings. The fraction of sp³-hybridized carbons (Fsp3) is 0.281. The molecule has 2 aromatic carbocycles. The summed E-state index contributed by atoms with van der Waals surface area (Å²) in [5, 5.41) is 11.7. The Bertz CT molecular complexity index is 1990. The van der Waals surface area contributed by atoms with Crippen LogP contribution in [-0.2, 0) is 9.53 Å². The molecule has 45 heavy (non-hydrogen) atoms. The number of esters is 1. The van der Waals surface area contributed by atoms with Crippen molar-refractivity contribution in [1.29, 1.82) is 0 Å². The molecule has 0 saturated carbocycles. The van der Waals surface area contributed by atoms with Crippen LogP contribution >= 0.6 is 11.3 Å². The number of fused-ring (bicyclic) bond motifs is 1. The standard InChI is InChI=1S/C32H31N3O9S/c1-6-8-23-28(31(37)43-7-2)29(22-15-18(40-3)10-13-25(22)42-5)34-30(36)27(45-32(34)33-23)17-20-11-14-26(44-20)21-12-9-19(41-4)16-24(21)35(38)39/h9-17,29H,6-8H2,1-5H3/b27-17-/t29-/m0/s1. The molecule has 5 rings (SSSR count). The highest BCUT2D eigenvalue weighted by Crippen LogP contribution is 2.39. The number of rotatable bonds is 11. The maximum Gasteiger partial charge on any atom is 0.338 e. The molecule has 0 N–H and O–H groups in total. The van der Waals surface area contributed by atoms with Crippen molar-refractivity contribution in [3.63, 3.8) is 0 Å². The minimum absolute atomic E-state index is 0.140. The van der Waals surface area contributed by atoms with Crippen molar-refractivity contribution < 1.29 is 33.1 Å². The lowest BCUT2D eigenvalue weighted by atomic mass is 9.93. The van der Waals surface area contributed by atoms with Crippen LogP contribution in [0.4, 0.5) is 5.69 Å². The van der Waals surface area contributed by atoms with Crippen molar-refractivity contribution in [3.05, 3.63) is 101 Å². The Morgan fingerprint density at radius 3 is 2.47 bits per heavy atom. The first kappa shape index (κ1) is 31.3. The minimum Gasteiger partial charge on any atom is -0.497 e. The number of hydrogen-bond acceptors (Lipinski definition) is 11. The first-order chi connectivity index (χ1) is 21.7. The lowest BCUT2D eigenvalue weighted by Crippen LogP contribution is -2.40. The number of carbonyl (C=O) groups excluding carboxylic acids is 1. The van der Waals surface area contributed by atoms with Crippen LogP contribution in [0.15, 0.2) is 74.0 Å². The molecule has 0 unspecified atom stereocenters. The molecule has 2 aromatic heterocycles. The second-order valence-electron chi connectivity index (χ2n) is 9.86. The smallest absolute Gasteiger partial charge is 0.338 e. The van der Waals surface area contributed by atoms with Gasteiger partial charge in [0.2, 0.25) is 0 Å². The van der Waals surface area contributed by atoms with Crippen LogP contribution in [-0.4, -0.2) is 43.4 Å². The summed E-state index contributed by atoms with van der Waals surface area (Å²) in [6, 6.07) is 11.9. The molecule has 0 aliphatic carbocycles. The van der Waals surface area contributed by atoms with Gasteiger partial charge in [-0.1, -0.05) is 24.7 Å². The third kappa shape index (κ3) is 5.98. The van der Waals surface area contributed by atoms with E-state index in [1.54, 1.807) is 55.5 Å². The largest absolute Gasteiger partial charge is 0.497 e. The summed E-state index contributed by atoms with van der Waals surface area (Å²) in [6.45, 7) is 3.83. The first-order valence-corrected chi connectivity index (χ1v) is 14.9. The number of thiazole rings is 1. The maximum absolute atomic E-state index is 14.1. The summed E-state index contributed by atoms with van der Waals surface area (Å²) in [5.41, 5.74) is 0.955. The van der Waals surface area contributed by atoms with Crippen molar-refractivity contribution in [2.45, 2.75) is 32.7 Å². The molecule has 3 heterocycles. The summed E-state index contributed by atoms with van der Waals surface area (Å²) < 4.78 is 29.4. The van der Waals surface area contributed by atoms with Gasteiger partial charge in [0.25, 0.3) is 11.2 Å². The van der Waals surface area contributed by atoms with Crippen LogP contribution in [0.2, 0.25) is 0 Å². The number of furan rings is 1. The number of hydrogen-bond donors (Lipinski definition) is 0. The van der Waals surface area contributed by atoms with E-state index in [0.717, 1.165) is 11.3 Å². The van der Waals surface area contributed by atoms with E-state index in [1.165, 1.54) is 32.0 Å². The van der Waals surface area contributed by atoms with Gasteiger partial charge in [-0.15, -0.1) is 0 Å². The SMILES string of the molecule is CCCC1=C(C(=O)OCC)[C@H](c2cc(OC)ccc2OC)n2c(s/c(=C\c3ccc(-c4ccc(OC)cc4[N+](=O)[O-])o3)c2=O)=N1. The second-order valence-corrected chi connectivity index (χ2v) is 10.9. The number of benzene rings is 2. The number of carbonyl (C=O) groups is 1. The molecule has 234 valence electrons. The molecule has 0 radical (unpaired) electrons. The van der Waals surface area contributed by atoms with Gasteiger partial charge in [0.05, 0.1) is 60.3 Å². The molecule has 0 bridgehead atoms. The fourth-order valence-electron chi connectivity index (χ4n) is 5.17. The van der Waals surface area contributed by atoms with Gasteiger partial charge in [0.15, 0.2) is 4.80 Å². The van der Waals surface area contributed by atoms with Gasteiger partial charge in [0, 0.05) is 11.6 Å². The molecular weight excluding hydrogens is 602 g/mol. The fourth-order valence-corrected chi connectivity index (χ4v) is 6.17. The average Bonchev–Trinajstić information content (AvgIpc) is 3.63. The van der Waals surface area contributed by atoms with E-state index in [-0.39, 0.29) is 33.7 Å². The van der Waals surface area contributed by atoms with Crippen LogP contribution in [0, 0.1) is 10.1 Å².